The Morgan fingerprint density at radius 1 is 1.24 bits per heavy atom. The van der Waals surface area contributed by atoms with Gasteiger partial charge in [-0.15, -0.1) is 0 Å². The maximum Gasteiger partial charge on any atom is 0.0233 e. The fourth-order valence-corrected chi connectivity index (χ4v) is 2.67. The van der Waals surface area contributed by atoms with Crippen LogP contribution in [0.15, 0.2) is 24.3 Å². The molecule has 2 nitrogen and oxygen atoms in total. The van der Waals surface area contributed by atoms with Gasteiger partial charge in [0.2, 0.25) is 0 Å². The molecule has 94 valence electrons. The molecule has 0 amide bonds. The maximum absolute atomic E-state index is 5.61. The van der Waals surface area contributed by atoms with Gasteiger partial charge in [-0.2, -0.15) is 0 Å². The van der Waals surface area contributed by atoms with Crippen LogP contribution in [0, 0.1) is 5.92 Å². The Bertz CT molecular complexity index is 331. The maximum atomic E-state index is 5.61. The average molecular weight is 232 g/mol. The highest BCUT2D eigenvalue weighted by Crippen LogP contribution is 2.20. The molecule has 1 aromatic rings. The van der Waals surface area contributed by atoms with E-state index in [0.29, 0.717) is 6.54 Å². The van der Waals surface area contributed by atoms with Gasteiger partial charge >= 0.3 is 0 Å². The number of likely N-dealkylation sites (tertiary alicyclic amines) is 1. The van der Waals surface area contributed by atoms with Crippen molar-refractivity contribution in [2.45, 2.75) is 39.3 Å². The molecule has 1 fully saturated rings. The van der Waals surface area contributed by atoms with Crippen LogP contribution in [-0.4, -0.2) is 18.0 Å². The van der Waals surface area contributed by atoms with Crippen LogP contribution in [0.3, 0.4) is 0 Å². The molecule has 0 aliphatic carbocycles. The number of rotatable bonds is 4. The minimum absolute atomic E-state index is 0.641. The smallest absolute Gasteiger partial charge is 0.0233 e. The summed E-state index contributed by atoms with van der Waals surface area (Å²) >= 11 is 0. The standard InChI is InChI=1S/C15H24N2/c1-2-13-4-3-9-17(11-13)12-15-7-5-14(10-16)6-8-15/h5-8,13H,2-4,9-12,16H2,1H3. The van der Waals surface area contributed by atoms with E-state index in [2.05, 4.69) is 36.1 Å². The zero-order valence-corrected chi connectivity index (χ0v) is 10.9. The Hall–Kier alpha value is -0.860. The summed E-state index contributed by atoms with van der Waals surface area (Å²) in [6.07, 6.45) is 4.10. The SMILES string of the molecule is CCC1CCCN(Cc2ccc(CN)cc2)C1. The Labute approximate surface area is 105 Å². The molecule has 0 bridgehead atoms. The Kier molecular flexibility index (Phi) is 4.57. The van der Waals surface area contributed by atoms with Crippen molar-refractivity contribution in [1.82, 2.24) is 4.90 Å². The number of benzene rings is 1. The van der Waals surface area contributed by atoms with Crippen LogP contribution in [-0.2, 0) is 13.1 Å². The summed E-state index contributed by atoms with van der Waals surface area (Å²) in [5.74, 6) is 0.909. The molecule has 0 saturated carbocycles. The summed E-state index contributed by atoms with van der Waals surface area (Å²) in [7, 11) is 0. The van der Waals surface area contributed by atoms with Crippen LogP contribution in [0.1, 0.15) is 37.3 Å². The van der Waals surface area contributed by atoms with Gasteiger partial charge in [-0.05, 0) is 36.4 Å². The van der Waals surface area contributed by atoms with Crippen LogP contribution in [0.2, 0.25) is 0 Å². The summed E-state index contributed by atoms with van der Waals surface area (Å²) in [5.41, 5.74) is 8.25. The molecule has 1 aliphatic heterocycles. The largest absolute Gasteiger partial charge is 0.326 e. The first-order valence-electron chi connectivity index (χ1n) is 6.82. The van der Waals surface area contributed by atoms with E-state index in [4.69, 9.17) is 5.73 Å². The average Bonchev–Trinajstić information content (AvgIpc) is 2.40. The number of hydrogen-bond acceptors (Lipinski definition) is 2. The van der Waals surface area contributed by atoms with E-state index in [1.807, 2.05) is 0 Å². The highest BCUT2D eigenvalue weighted by atomic mass is 15.1. The first kappa shape index (κ1) is 12.6. The molecule has 0 aromatic heterocycles. The highest BCUT2D eigenvalue weighted by Gasteiger charge is 2.18. The van der Waals surface area contributed by atoms with Gasteiger partial charge in [0, 0.05) is 19.6 Å². The lowest BCUT2D eigenvalue weighted by atomic mass is 9.95. The van der Waals surface area contributed by atoms with E-state index < -0.39 is 0 Å². The third-order valence-electron chi connectivity index (χ3n) is 3.85. The number of nitrogens with two attached hydrogens (primary N) is 1. The van der Waals surface area contributed by atoms with Gasteiger partial charge in [0.1, 0.15) is 0 Å². The van der Waals surface area contributed by atoms with E-state index in [1.54, 1.807) is 0 Å². The quantitative estimate of drug-likeness (QED) is 0.865. The summed E-state index contributed by atoms with van der Waals surface area (Å²) in [5, 5.41) is 0. The molecule has 1 aliphatic rings. The normalized spacial score (nSPS) is 21.6. The molecule has 0 spiro atoms. The molecule has 0 radical (unpaired) electrons. The van der Waals surface area contributed by atoms with Crippen molar-refractivity contribution in [1.29, 1.82) is 0 Å². The summed E-state index contributed by atoms with van der Waals surface area (Å²) in [6, 6.07) is 8.74. The number of nitrogens with zero attached hydrogens (tertiary/aromatic N) is 1. The minimum Gasteiger partial charge on any atom is -0.326 e. The lowest BCUT2D eigenvalue weighted by Gasteiger charge is -2.32. The molecule has 1 saturated heterocycles. The predicted molar refractivity (Wildman–Crippen MR) is 72.6 cm³/mol. The van der Waals surface area contributed by atoms with Crippen LogP contribution >= 0.6 is 0 Å². The zero-order chi connectivity index (χ0) is 12.1. The van der Waals surface area contributed by atoms with E-state index in [9.17, 15) is 0 Å². The lowest BCUT2D eigenvalue weighted by Crippen LogP contribution is -2.34. The third kappa shape index (κ3) is 3.55. The van der Waals surface area contributed by atoms with Gasteiger partial charge in [-0.25, -0.2) is 0 Å². The summed E-state index contributed by atoms with van der Waals surface area (Å²) in [6.45, 7) is 6.58. The van der Waals surface area contributed by atoms with E-state index in [1.165, 1.54) is 43.5 Å². The zero-order valence-electron chi connectivity index (χ0n) is 10.9. The van der Waals surface area contributed by atoms with Crippen LogP contribution in [0.4, 0.5) is 0 Å². The molecule has 17 heavy (non-hydrogen) atoms. The van der Waals surface area contributed by atoms with Crippen LogP contribution < -0.4 is 5.73 Å². The molecule has 2 N–H and O–H groups in total. The van der Waals surface area contributed by atoms with Crippen molar-refractivity contribution in [3.8, 4) is 0 Å². The van der Waals surface area contributed by atoms with Crippen molar-refractivity contribution >= 4 is 0 Å². The Morgan fingerprint density at radius 3 is 2.59 bits per heavy atom. The molecule has 1 unspecified atom stereocenters. The van der Waals surface area contributed by atoms with E-state index in [0.717, 1.165) is 12.5 Å². The van der Waals surface area contributed by atoms with Crippen molar-refractivity contribution in [2.24, 2.45) is 11.7 Å². The van der Waals surface area contributed by atoms with Gasteiger partial charge in [-0.1, -0.05) is 37.6 Å². The third-order valence-corrected chi connectivity index (χ3v) is 3.85. The first-order valence-corrected chi connectivity index (χ1v) is 6.82. The highest BCUT2D eigenvalue weighted by molar-refractivity contribution is 5.22. The van der Waals surface area contributed by atoms with Crippen molar-refractivity contribution in [3.05, 3.63) is 35.4 Å². The van der Waals surface area contributed by atoms with Crippen LogP contribution in [0.25, 0.3) is 0 Å². The molecular formula is C15H24N2. The van der Waals surface area contributed by atoms with Gasteiger partial charge in [0.25, 0.3) is 0 Å². The van der Waals surface area contributed by atoms with Crippen molar-refractivity contribution in [2.75, 3.05) is 13.1 Å². The van der Waals surface area contributed by atoms with Crippen LogP contribution in [0.5, 0.6) is 0 Å². The van der Waals surface area contributed by atoms with E-state index in [-0.39, 0.29) is 0 Å². The second-order valence-electron chi connectivity index (χ2n) is 5.17. The second-order valence-corrected chi connectivity index (χ2v) is 5.17. The molecule has 1 heterocycles. The first-order chi connectivity index (χ1) is 8.31. The number of hydrogen-bond donors (Lipinski definition) is 1. The second kappa shape index (κ2) is 6.18. The predicted octanol–water partition coefficient (Wildman–Crippen LogP) is 2.77. The fraction of sp³-hybridized carbons (Fsp3) is 0.600. The number of piperidine rings is 1. The molecule has 1 aromatic carbocycles. The summed E-state index contributed by atoms with van der Waals surface area (Å²) < 4.78 is 0. The Balaban J connectivity index is 1.90. The fourth-order valence-electron chi connectivity index (χ4n) is 2.67. The van der Waals surface area contributed by atoms with Gasteiger partial charge < -0.3 is 5.73 Å². The van der Waals surface area contributed by atoms with Gasteiger partial charge in [0.15, 0.2) is 0 Å². The minimum atomic E-state index is 0.641. The lowest BCUT2D eigenvalue weighted by molar-refractivity contribution is 0.165. The monoisotopic (exact) mass is 232 g/mol. The van der Waals surface area contributed by atoms with Crippen molar-refractivity contribution < 1.29 is 0 Å². The van der Waals surface area contributed by atoms with Gasteiger partial charge in [-0.3, -0.25) is 4.90 Å². The van der Waals surface area contributed by atoms with E-state index >= 15 is 0 Å². The molecular weight excluding hydrogens is 208 g/mol. The van der Waals surface area contributed by atoms with Crippen molar-refractivity contribution in [3.63, 3.8) is 0 Å². The summed E-state index contributed by atoms with van der Waals surface area (Å²) in [4.78, 5) is 2.59. The van der Waals surface area contributed by atoms with Gasteiger partial charge in [0.05, 0.1) is 0 Å². The molecule has 1 atom stereocenters. The molecule has 2 heteroatoms. The topological polar surface area (TPSA) is 29.3 Å². The molecule has 2 rings (SSSR count). The Morgan fingerprint density at radius 2 is 1.94 bits per heavy atom.